The van der Waals surface area contributed by atoms with Gasteiger partial charge in [-0.05, 0) is 36.8 Å². The van der Waals surface area contributed by atoms with E-state index in [4.69, 9.17) is 9.52 Å². The van der Waals surface area contributed by atoms with Crippen molar-refractivity contribution in [2.45, 2.75) is 44.9 Å². The zero-order chi connectivity index (χ0) is 28.6. The van der Waals surface area contributed by atoms with Crippen LogP contribution in [0.1, 0.15) is 54.2 Å². The monoisotopic (exact) mass is 564 g/mol. The van der Waals surface area contributed by atoms with Gasteiger partial charge < -0.3 is 9.73 Å². The summed E-state index contributed by atoms with van der Waals surface area (Å²) in [7, 11) is 0. The molecule has 0 spiro atoms. The van der Waals surface area contributed by atoms with Gasteiger partial charge in [-0.15, -0.1) is 11.8 Å². The number of halogens is 2. The van der Waals surface area contributed by atoms with Crippen LogP contribution >= 0.6 is 11.8 Å². The third-order valence-electron chi connectivity index (χ3n) is 6.73. The Morgan fingerprint density at radius 3 is 2.60 bits per heavy atom. The summed E-state index contributed by atoms with van der Waals surface area (Å²) < 4.78 is 36.2. The number of amides is 2. The number of aryl methyl sites for hydroxylation is 1. The van der Waals surface area contributed by atoms with Gasteiger partial charge in [-0.3, -0.25) is 14.5 Å². The van der Waals surface area contributed by atoms with Gasteiger partial charge in [0.2, 0.25) is 11.8 Å². The number of carbonyl (C=O) groups is 2. The zero-order valence-electron chi connectivity index (χ0n) is 22.7. The fourth-order valence-corrected chi connectivity index (χ4v) is 6.02. The predicted molar refractivity (Wildman–Crippen MR) is 151 cm³/mol. The Bertz CT molecular complexity index is 1560. The van der Waals surface area contributed by atoms with E-state index in [0.717, 1.165) is 17.3 Å². The zero-order valence-corrected chi connectivity index (χ0v) is 23.5. The van der Waals surface area contributed by atoms with Gasteiger partial charge in [0.05, 0.1) is 35.2 Å². The number of hydrogen-bond donors (Lipinski definition) is 1. The van der Waals surface area contributed by atoms with Crippen LogP contribution in [-0.2, 0) is 21.5 Å². The van der Waals surface area contributed by atoms with E-state index >= 15 is 4.39 Å². The topological polar surface area (TPSA) is 80.4 Å². The Labute approximate surface area is 235 Å². The second-order valence-electron chi connectivity index (χ2n) is 10.7. The van der Waals surface area contributed by atoms with Crippen LogP contribution in [0.15, 0.2) is 65.3 Å². The number of furan rings is 1. The Hall–Kier alpha value is -3.92. The van der Waals surface area contributed by atoms with Crippen LogP contribution in [0.4, 0.5) is 14.6 Å². The Kier molecular flexibility index (Phi) is 7.55. The minimum absolute atomic E-state index is 0.0149. The average molecular weight is 565 g/mol. The third kappa shape index (κ3) is 5.40. The molecule has 5 rings (SSSR count). The van der Waals surface area contributed by atoms with Crippen molar-refractivity contribution in [3.8, 4) is 5.69 Å². The highest BCUT2D eigenvalue weighted by atomic mass is 32.2. The normalized spacial score (nSPS) is 15.6. The third-order valence-corrected chi connectivity index (χ3v) is 7.97. The van der Waals surface area contributed by atoms with Crippen LogP contribution in [0.5, 0.6) is 0 Å². The molecule has 0 aliphatic carbocycles. The molecule has 10 heteroatoms. The second-order valence-corrected chi connectivity index (χ2v) is 11.8. The van der Waals surface area contributed by atoms with Crippen molar-refractivity contribution in [1.29, 1.82) is 0 Å². The number of carbonyl (C=O) groups excluding carboxylic acids is 2. The van der Waals surface area contributed by atoms with Gasteiger partial charge in [0.25, 0.3) is 0 Å². The number of aromatic nitrogens is 2. The largest absolute Gasteiger partial charge is 0.467 e. The summed E-state index contributed by atoms with van der Waals surface area (Å²) in [6, 6.07) is 14.6. The van der Waals surface area contributed by atoms with Crippen LogP contribution in [-0.4, -0.2) is 33.9 Å². The fraction of sp³-hybridized carbons (Fsp3) is 0.300. The van der Waals surface area contributed by atoms with E-state index in [1.165, 1.54) is 35.1 Å². The summed E-state index contributed by atoms with van der Waals surface area (Å²) in [6.45, 7) is 7.82. The minimum atomic E-state index is -0.705. The molecule has 208 valence electrons. The number of thioether (sulfide) groups is 1. The highest BCUT2D eigenvalue weighted by molar-refractivity contribution is 8.00. The summed E-state index contributed by atoms with van der Waals surface area (Å²) in [6.07, 6.45) is 1.52. The maximum absolute atomic E-state index is 15.3. The van der Waals surface area contributed by atoms with Crippen LogP contribution in [0.2, 0.25) is 0 Å². The van der Waals surface area contributed by atoms with Gasteiger partial charge in [-0.2, -0.15) is 5.10 Å². The number of para-hydroxylation sites is 1. The number of nitrogens with zero attached hydrogens (tertiary/aromatic N) is 3. The first-order chi connectivity index (χ1) is 19.0. The van der Waals surface area contributed by atoms with E-state index in [9.17, 15) is 14.0 Å². The standard InChI is InChI=1S/C30H30F2N4O3S/c1-18-8-5-6-10-23(18)36-29-26(28(34-36)30(2,3)4)27(21-12-11-19(31)14-22(21)32)40-17-25(38)35(29)16-24(37)33-15-20-9-7-13-39-20/h5-14,27H,15-17H2,1-4H3,(H,33,37)/t27-/m1/s1. The average Bonchev–Trinajstić information content (AvgIpc) is 3.53. The predicted octanol–water partition coefficient (Wildman–Crippen LogP) is 5.84. The quantitative estimate of drug-likeness (QED) is 0.319. The fourth-order valence-electron chi connectivity index (χ4n) is 4.80. The van der Waals surface area contributed by atoms with E-state index < -0.39 is 22.3 Å². The van der Waals surface area contributed by atoms with E-state index in [1.807, 2.05) is 52.0 Å². The molecule has 0 saturated heterocycles. The van der Waals surface area contributed by atoms with Gasteiger partial charge in [0.1, 0.15) is 29.8 Å². The molecule has 0 unspecified atom stereocenters. The first-order valence-electron chi connectivity index (χ1n) is 12.9. The summed E-state index contributed by atoms with van der Waals surface area (Å²) in [5.41, 5.74) is 2.66. The Morgan fingerprint density at radius 2 is 1.93 bits per heavy atom. The minimum Gasteiger partial charge on any atom is -0.467 e. The highest BCUT2D eigenvalue weighted by Crippen LogP contribution is 2.49. The molecule has 2 amide bonds. The molecule has 2 aromatic carbocycles. The van der Waals surface area contributed by atoms with E-state index in [0.29, 0.717) is 22.8 Å². The molecule has 1 N–H and O–H groups in total. The molecule has 3 heterocycles. The SMILES string of the molecule is Cc1ccccc1-n1nc(C(C)(C)C)c2c1N(CC(=O)NCc1ccco1)C(=O)CS[C@@H]2c1ccc(F)cc1F. The van der Waals surface area contributed by atoms with Crippen molar-refractivity contribution in [2.75, 3.05) is 17.2 Å². The number of nitrogens with one attached hydrogen (secondary N) is 1. The van der Waals surface area contributed by atoms with E-state index in [1.54, 1.807) is 16.8 Å². The summed E-state index contributed by atoms with van der Waals surface area (Å²) in [4.78, 5) is 28.3. The molecule has 7 nitrogen and oxygen atoms in total. The number of anilines is 1. The van der Waals surface area contributed by atoms with Crippen LogP contribution in [0.3, 0.4) is 0 Å². The molecule has 1 atom stereocenters. The van der Waals surface area contributed by atoms with Crippen molar-refractivity contribution in [2.24, 2.45) is 0 Å². The number of fused-ring (bicyclic) bond motifs is 1. The first kappa shape index (κ1) is 27.6. The van der Waals surface area contributed by atoms with Gasteiger partial charge >= 0.3 is 0 Å². The van der Waals surface area contributed by atoms with Crippen molar-refractivity contribution >= 4 is 29.4 Å². The lowest BCUT2D eigenvalue weighted by Crippen LogP contribution is -2.42. The van der Waals surface area contributed by atoms with Crippen molar-refractivity contribution in [1.82, 2.24) is 15.1 Å². The molecule has 1 aliphatic heterocycles. The molecule has 0 bridgehead atoms. The van der Waals surface area contributed by atoms with Gasteiger partial charge in [0.15, 0.2) is 0 Å². The van der Waals surface area contributed by atoms with Crippen molar-refractivity contribution in [3.63, 3.8) is 0 Å². The molecular formula is C30H30F2N4O3S. The van der Waals surface area contributed by atoms with Crippen molar-refractivity contribution < 1.29 is 22.8 Å². The molecular weight excluding hydrogens is 534 g/mol. The van der Waals surface area contributed by atoms with Crippen LogP contribution in [0, 0.1) is 18.6 Å². The maximum atomic E-state index is 15.3. The molecule has 2 aromatic heterocycles. The lowest BCUT2D eigenvalue weighted by molar-refractivity contribution is -0.123. The van der Waals surface area contributed by atoms with E-state index in [-0.39, 0.29) is 36.2 Å². The summed E-state index contributed by atoms with van der Waals surface area (Å²) in [5, 5.41) is 7.14. The number of benzene rings is 2. The molecule has 0 saturated carbocycles. The summed E-state index contributed by atoms with van der Waals surface area (Å²) in [5.74, 6) is -1.13. The first-order valence-corrected chi connectivity index (χ1v) is 13.9. The number of hydrogen-bond acceptors (Lipinski definition) is 5. The molecule has 0 radical (unpaired) electrons. The smallest absolute Gasteiger partial charge is 0.240 e. The van der Waals surface area contributed by atoms with E-state index in [2.05, 4.69) is 5.32 Å². The van der Waals surface area contributed by atoms with Crippen LogP contribution < -0.4 is 10.2 Å². The second kappa shape index (κ2) is 10.9. The Morgan fingerprint density at radius 1 is 1.15 bits per heavy atom. The Balaban J connectivity index is 1.70. The van der Waals surface area contributed by atoms with Gasteiger partial charge in [-0.25, -0.2) is 13.5 Å². The van der Waals surface area contributed by atoms with Crippen LogP contribution in [0.25, 0.3) is 5.69 Å². The molecule has 40 heavy (non-hydrogen) atoms. The highest BCUT2D eigenvalue weighted by Gasteiger charge is 2.40. The molecule has 1 aliphatic rings. The van der Waals surface area contributed by atoms with Gasteiger partial charge in [0, 0.05) is 22.6 Å². The number of rotatable bonds is 6. The maximum Gasteiger partial charge on any atom is 0.240 e. The summed E-state index contributed by atoms with van der Waals surface area (Å²) >= 11 is 1.24. The van der Waals surface area contributed by atoms with Gasteiger partial charge in [-0.1, -0.05) is 45.0 Å². The van der Waals surface area contributed by atoms with Crippen molar-refractivity contribution in [3.05, 3.63) is 101 Å². The molecule has 4 aromatic rings. The molecule has 0 fully saturated rings. The lowest BCUT2D eigenvalue weighted by atomic mass is 9.87. The lowest BCUT2D eigenvalue weighted by Gasteiger charge is -2.25.